The molecule has 5 nitrogen and oxygen atoms in total. The third-order valence-corrected chi connectivity index (χ3v) is 8.28. The largest absolute Gasteiger partial charge is 0.394 e. The van der Waals surface area contributed by atoms with Crippen LogP contribution in [0.5, 0.6) is 0 Å². The van der Waals surface area contributed by atoms with Crippen molar-refractivity contribution in [3.05, 3.63) is 101 Å². The van der Waals surface area contributed by atoms with E-state index in [2.05, 4.69) is 65.1 Å². The lowest BCUT2D eigenvalue weighted by atomic mass is 9.80. The molecule has 0 spiro atoms. The normalized spacial score (nSPS) is 16.2. The van der Waals surface area contributed by atoms with Crippen LogP contribution in [0.3, 0.4) is 0 Å². The smallest absolute Gasteiger partial charge is 0.228 e. The Labute approximate surface area is 225 Å². The van der Waals surface area contributed by atoms with E-state index in [-0.39, 0.29) is 18.4 Å². The lowest BCUT2D eigenvalue weighted by molar-refractivity contribution is -0.125. The first-order valence-electron chi connectivity index (χ1n) is 14.0. The van der Waals surface area contributed by atoms with E-state index in [0.29, 0.717) is 5.92 Å². The number of carbonyl (C=O) groups is 1. The van der Waals surface area contributed by atoms with E-state index in [1.807, 2.05) is 36.7 Å². The van der Waals surface area contributed by atoms with Crippen molar-refractivity contribution in [3.8, 4) is 0 Å². The van der Waals surface area contributed by atoms with Crippen molar-refractivity contribution >= 4 is 16.9 Å². The number of fused-ring (bicyclic) bond motifs is 1. The quantitative estimate of drug-likeness (QED) is 0.263. The zero-order valence-electron chi connectivity index (χ0n) is 22.6. The van der Waals surface area contributed by atoms with Crippen molar-refractivity contribution < 1.29 is 9.90 Å². The van der Waals surface area contributed by atoms with Crippen LogP contribution >= 0.6 is 0 Å². The first-order valence-corrected chi connectivity index (χ1v) is 14.0. The maximum absolute atomic E-state index is 13.8. The van der Waals surface area contributed by atoms with Gasteiger partial charge in [0.2, 0.25) is 5.91 Å². The average molecular weight is 510 g/mol. The number of hydrogen-bond donors (Lipinski definition) is 2. The maximum atomic E-state index is 13.8. The summed E-state index contributed by atoms with van der Waals surface area (Å²) in [6, 6.07) is 22.3. The van der Waals surface area contributed by atoms with Crippen molar-refractivity contribution in [2.45, 2.75) is 70.9 Å². The molecule has 1 amide bonds. The summed E-state index contributed by atoms with van der Waals surface area (Å²) in [5, 5.41) is 13.3. The molecule has 1 aliphatic rings. The highest BCUT2D eigenvalue weighted by molar-refractivity contribution is 5.84. The molecule has 0 radical (unpaired) electrons. The first kappa shape index (κ1) is 26.2. The molecule has 0 bridgehead atoms. The van der Waals surface area contributed by atoms with Gasteiger partial charge in [0.15, 0.2) is 0 Å². The fraction of sp³-hybridized carbons (Fsp3) is 0.394. The number of aromatic nitrogens is 2. The van der Waals surface area contributed by atoms with E-state index in [1.165, 1.54) is 42.4 Å². The van der Waals surface area contributed by atoms with Gasteiger partial charge in [-0.05, 0) is 72.6 Å². The van der Waals surface area contributed by atoms with Crippen LogP contribution in [0, 0.1) is 19.8 Å². The fourth-order valence-electron chi connectivity index (χ4n) is 5.93. The zero-order valence-corrected chi connectivity index (χ0v) is 22.6. The monoisotopic (exact) mass is 509 g/mol. The third kappa shape index (κ3) is 5.83. The van der Waals surface area contributed by atoms with Crippen LogP contribution in [0.25, 0.3) is 11.0 Å². The molecule has 1 saturated carbocycles. The van der Waals surface area contributed by atoms with Crippen molar-refractivity contribution in [1.29, 1.82) is 0 Å². The van der Waals surface area contributed by atoms with E-state index in [9.17, 15) is 9.90 Å². The van der Waals surface area contributed by atoms with Crippen LogP contribution in [-0.2, 0) is 11.3 Å². The van der Waals surface area contributed by atoms with E-state index < -0.39 is 6.04 Å². The Morgan fingerprint density at radius 3 is 2.32 bits per heavy atom. The standard InChI is InChI=1S/C33H39N3O2/c1-23-18-29-31(19-24(23)2)36(22-34-29)20-25-14-16-28(17-15-25)32(27-12-6-3-4-7-13-27)33(38)35-30(21-37)26-10-8-5-9-11-26/h5,8-11,14-19,22,27,30,32,37H,3-4,6-7,12-13,20-21H2,1-2H3,(H,35,38). The molecule has 3 aromatic carbocycles. The SMILES string of the molecule is Cc1cc2ncn(Cc3ccc(C(C(=O)NC(CO)c4ccccc4)C4CCCCCC4)cc3)c2cc1C. The van der Waals surface area contributed by atoms with Crippen LogP contribution in [-0.4, -0.2) is 27.2 Å². The molecule has 1 aliphatic carbocycles. The molecule has 0 saturated heterocycles. The number of aliphatic hydroxyl groups excluding tert-OH is 1. The Kier molecular flexibility index (Phi) is 8.23. The number of benzene rings is 3. The number of nitrogens with zero attached hydrogens (tertiary/aromatic N) is 2. The molecule has 0 aliphatic heterocycles. The Morgan fingerprint density at radius 1 is 0.947 bits per heavy atom. The molecule has 5 rings (SSSR count). The van der Waals surface area contributed by atoms with Gasteiger partial charge in [-0.15, -0.1) is 0 Å². The Morgan fingerprint density at radius 2 is 1.63 bits per heavy atom. The number of nitrogens with one attached hydrogen (secondary N) is 1. The number of aryl methyl sites for hydroxylation is 2. The third-order valence-electron chi connectivity index (χ3n) is 8.28. The number of rotatable bonds is 8. The highest BCUT2D eigenvalue weighted by Crippen LogP contribution is 2.36. The summed E-state index contributed by atoms with van der Waals surface area (Å²) < 4.78 is 2.19. The van der Waals surface area contributed by atoms with E-state index in [0.717, 1.165) is 41.5 Å². The molecule has 38 heavy (non-hydrogen) atoms. The lowest BCUT2D eigenvalue weighted by Gasteiger charge is -2.28. The molecule has 4 aromatic rings. The second kappa shape index (κ2) is 12.0. The van der Waals surface area contributed by atoms with Crippen molar-refractivity contribution in [2.75, 3.05) is 6.61 Å². The summed E-state index contributed by atoms with van der Waals surface area (Å²) in [6.45, 7) is 4.87. The van der Waals surface area contributed by atoms with Crippen molar-refractivity contribution in [3.63, 3.8) is 0 Å². The Bertz CT molecular complexity index is 1350. The summed E-state index contributed by atoms with van der Waals surface area (Å²) in [7, 11) is 0. The van der Waals surface area contributed by atoms with Crippen LogP contribution < -0.4 is 5.32 Å². The number of imidazole rings is 1. The van der Waals surface area contributed by atoms with Crippen LogP contribution in [0.2, 0.25) is 0 Å². The van der Waals surface area contributed by atoms with Gasteiger partial charge in [0, 0.05) is 6.54 Å². The van der Waals surface area contributed by atoms with E-state index in [4.69, 9.17) is 0 Å². The van der Waals surface area contributed by atoms with Crippen LogP contribution in [0.1, 0.15) is 78.3 Å². The van der Waals surface area contributed by atoms with Gasteiger partial charge < -0.3 is 15.0 Å². The summed E-state index contributed by atoms with van der Waals surface area (Å²) >= 11 is 0. The Hall–Kier alpha value is -3.44. The minimum atomic E-state index is -0.405. The highest BCUT2D eigenvalue weighted by Gasteiger charge is 2.31. The van der Waals surface area contributed by atoms with Gasteiger partial charge in [-0.1, -0.05) is 80.3 Å². The minimum absolute atomic E-state index is 0.0130. The van der Waals surface area contributed by atoms with E-state index >= 15 is 0 Å². The maximum Gasteiger partial charge on any atom is 0.228 e. The number of hydrogen-bond acceptors (Lipinski definition) is 3. The molecule has 1 fully saturated rings. The average Bonchev–Trinajstić information content (AvgIpc) is 3.12. The molecule has 2 unspecified atom stereocenters. The van der Waals surface area contributed by atoms with Gasteiger partial charge in [-0.25, -0.2) is 4.98 Å². The van der Waals surface area contributed by atoms with Gasteiger partial charge in [-0.2, -0.15) is 0 Å². The zero-order chi connectivity index (χ0) is 26.5. The molecule has 198 valence electrons. The van der Waals surface area contributed by atoms with Crippen molar-refractivity contribution in [2.24, 2.45) is 5.92 Å². The topological polar surface area (TPSA) is 67.2 Å². The van der Waals surface area contributed by atoms with Gasteiger partial charge in [0.1, 0.15) is 0 Å². The second-order valence-corrected chi connectivity index (χ2v) is 10.9. The van der Waals surface area contributed by atoms with Crippen molar-refractivity contribution in [1.82, 2.24) is 14.9 Å². The molecular formula is C33H39N3O2. The van der Waals surface area contributed by atoms with Gasteiger partial charge >= 0.3 is 0 Å². The number of amides is 1. The molecule has 2 N–H and O–H groups in total. The van der Waals surface area contributed by atoms with Crippen LogP contribution in [0.15, 0.2) is 73.1 Å². The Balaban J connectivity index is 1.39. The summed E-state index contributed by atoms with van der Waals surface area (Å²) in [5.74, 6) is 0.0980. The highest BCUT2D eigenvalue weighted by atomic mass is 16.3. The molecule has 5 heteroatoms. The van der Waals surface area contributed by atoms with Crippen LogP contribution in [0.4, 0.5) is 0 Å². The number of aliphatic hydroxyl groups is 1. The van der Waals surface area contributed by atoms with Gasteiger partial charge in [0.05, 0.1) is 35.9 Å². The van der Waals surface area contributed by atoms with Gasteiger partial charge in [0.25, 0.3) is 0 Å². The second-order valence-electron chi connectivity index (χ2n) is 10.9. The first-order chi connectivity index (χ1) is 18.5. The molecular weight excluding hydrogens is 470 g/mol. The predicted molar refractivity (Wildman–Crippen MR) is 153 cm³/mol. The molecule has 2 atom stereocenters. The van der Waals surface area contributed by atoms with Gasteiger partial charge in [-0.3, -0.25) is 4.79 Å². The summed E-state index contributed by atoms with van der Waals surface area (Å²) in [4.78, 5) is 18.4. The van der Waals surface area contributed by atoms with E-state index in [1.54, 1.807) is 0 Å². The molecule has 1 aromatic heterocycles. The fourth-order valence-corrected chi connectivity index (χ4v) is 5.93. The molecule has 1 heterocycles. The minimum Gasteiger partial charge on any atom is -0.394 e. The summed E-state index contributed by atoms with van der Waals surface area (Å²) in [6.07, 6.45) is 8.86. The summed E-state index contributed by atoms with van der Waals surface area (Å²) in [5.41, 5.74) is 7.86. The number of carbonyl (C=O) groups excluding carboxylic acids is 1. The lowest BCUT2D eigenvalue weighted by Crippen LogP contribution is -2.37. The predicted octanol–water partition coefficient (Wildman–Crippen LogP) is 6.61.